The number of ether oxygens (including phenoxy) is 1. The Kier molecular flexibility index (Phi) is 7.48. The van der Waals surface area contributed by atoms with E-state index in [1.807, 2.05) is 63.2 Å². The number of aliphatic imine (C=N–C) groups is 1. The second kappa shape index (κ2) is 11.2. The van der Waals surface area contributed by atoms with Crippen molar-refractivity contribution >= 4 is 22.8 Å². The van der Waals surface area contributed by atoms with Gasteiger partial charge in [0, 0.05) is 24.2 Å². The highest BCUT2D eigenvalue weighted by Gasteiger charge is 2.27. The van der Waals surface area contributed by atoms with E-state index in [2.05, 4.69) is 48.0 Å². The minimum absolute atomic E-state index is 0.250. The van der Waals surface area contributed by atoms with Gasteiger partial charge in [-0.15, -0.1) is 0 Å². The van der Waals surface area contributed by atoms with Crippen molar-refractivity contribution in [2.75, 3.05) is 0 Å². The Balaban J connectivity index is 1.42. The number of benzene rings is 3. The summed E-state index contributed by atoms with van der Waals surface area (Å²) >= 11 is 0. The fraction of sp³-hybridized carbons (Fsp3) is 0.361. The van der Waals surface area contributed by atoms with Crippen molar-refractivity contribution in [1.82, 2.24) is 14.9 Å². The van der Waals surface area contributed by atoms with Crippen LogP contribution in [0.5, 0.6) is 0 Å². The summed E-state index contributed by atoms with van der Waals surface area (Å²) in [6.45, 7) is 10.6. The lowest BCUT2D eigenvalue weighted by Crippen LogP contribution is -2.24. The molecule has 0 saturated carbocycles. The maximum Gasteiger partial charge on any atom is 0.339 e. The molecule has 1 aliphatic heterocycles. The van der Waals surface area contributed by atoms with Gasteiger partial charge in [-0.05, 0) is 93.8 Å². The molecular formula is C36H40N4O2. The average Bonchev–Trinajstić information content (AvgIpc) is 3.55. The zero-order chi connectivity index (χ0) is 29.4. The van der Waals surface area contributed by atoms with Gasteiger partial charge < -0.3 is 14.6 Å². The van der Waals surface area contributed by atoms with Crippen LogP contribution in [0.4, 0.5) is 0 Å². The van der Waals surface area contributed by atoms with Gasteiger partial charge in [-0.25, -0.2) is 9.78 Å². The smallest absolute Gasteiger partial charge is 0.339 e. The molecule has 1 atom stereocenters. The first kappa shape index (κ1) is 28.0. The number of carbonyl (C=O) groups excluding carboxylic acids is 1. The Morgan fingerprint density at radius 3 is 2.62 bits per heavy atom. The van der Waals surface area contributed by atoms with Crippen LogP contribution in [0.2, 0.25) is 0 Å². The molecule has 2 heterocycles. The van der Waals surface area contributed by atoms with Crippen LogP contribution in [0.25, 0.3) is 22.2 Å². The Morgan fingerprint density at radius 2 is 1.88 bits per heavy atom. The molecule has 42 heavy (non-hydrogen) atoms. The Hall–Kier alpha value is -4.19. The molecule has 0 fully saturated rings. The molecular weight excluding hydrogens is 520 g/mol. The first-order valence-corrected chi connectivity index (χ1v) is 15.2. The van der Waals surface area contributed by atoms with Crippen LogP contribution < -0.4 is 5.32 Å². The van der Waals surface area contributed by atoms with Gasteiger partial charge in [0.2, 0.25) is 0 Å². The van der Waals surface area contributed by atoms with Gasteiger partial charge in [0.25, 0.3) is 0 Å². The van der Waals surface area contributed by atoms with Crippen LogP contribution in [0, 0.1) is 6.92 Å². The average molecular weight is 561 g/mol. The molecule has 6 nitrogen and oxygen atoms in total. The minimum atomic E-state index is -0.589. The van der Waals surface area contributed by atoms with Crippen molar-refractivity contribution in [3.63, 3.8) is 0 Å². The molecule has 0 radical (unpaired) electrons. The van der Waals surface area contributed by atoms with E-state index in [9.17, 15) is 4.79 Å². The summed E-state index contributed by atoms with van der Waals surface area (Å²) in [6, 6.07) is 20.9. The normalized spacial score (nSPS) is 16.5. The molecule has 1 N–H and O–H groups in total. The topological polar surface area (TPSA) is 68.5 Å². The van der Waals surface area contributed by atoms with Crippen molar-refractivity contribution in [3.8, 4) is 11.1 Å². The summed E-state index contributed by atoms with van der Waals surface area (Å²) in [5.74, 6) is 1.69. The van der Waals surface area contributed by atoms with E-state index >= 15 is 0 Å². The molecule has 0 saturated heterocycles. The number of fused-ring (bicyclic) bond motifs is 2. The monoisotopic (exact) mass is 560 g/mol. The largest absolute Gasteiger partial charge is 0.456 e. The number of amidine groups is 1. The van der Waals surface area contributed by atoms with Gasteiger partial charge in [0.05, 0.1) is 22.6 Å². The maximum atomic E-state index is 13.5. The fourth-order valence-corrected chi connectivity index (χ4v) is 6.01. The molecule has 0 spiro atoms. The number of imidazole rings is 1. The number of esters is 1. The van der Waals surface area contributed by atoms with Crippen molar-refractivity contribution in [1.29, 1.82) is 0 Å². The lowest BCUT2D eigenvalue weighted by molar-refractivity contribution is 0.00703. The van der Waals surface area contributed by atoms with E-state index in [0.717, 1.165) is 76.2 Å². The van der Waals surface area contributed by atoms with Crippen LogP contribution in [0.15, 0.2) is 77.4 Å². The maximum absolute atomic E-state index is 13.5. The van der Waals surface area contributed by atoms with Crippen molar-refractivity contribution in [3.05, 3.63) is 101 Å². The first-order chi connectivity index (χ1) is 20.2. The van der Waals surface area contributed by atoms with Crippen molar-refractivity contribution in [2.45, 2.75) is 84.9 Å². The van der Waals surface area contributed by atoms with Gasteiger partial charge in [0.1, 0.15) is 17.3 Å². The molecule has 6 heteroatoms. The molecule has 0 amide bonds. The number of carbonyl (C=O) groups is 1. The zero-order valence-electron chi connectivity index (χ0n) is 25.3. The minimum Gasteiger partial charge on any atom is -0.456 e. The number of aromatic nitrogens is 2. The lowest BCUT2D eigenvalue weighted by atomic mass is 9.97. The SMILES string of the molecule is CCCc1nc2c(C)cc(C3=NC4CCCC=C4N3)cc2n1Cc1ccc(-c2ccccc2)c(C(=O)OC(C)(C)C)c1. The highest BCUT2D eigenvalue weighted by atomic mass is 16.6. The Labute approximate surface area is 248 Å². The summed E-state index contributed by atoms with van der Waals surface area (Å²) in [7, 11) is 0. The van der Waals surface area contributed by atoms with E-state index in [-0.39, 0.29) is 12.0 Å². The molecule has 3 aromatic carbocycles. The number of nitrogens with one attached hydrogen (secondary N) is 1. The fourth-order valence-electron chi connectivity index (χ4n) is 6.01. The summed E-state index contributed by atoms with van der Waals surface area (Å²) in [5.41, 5.74) is 8.46. The quantitative estimate of drug-likeness (QED) is 0.235. The van der Waals surface area contributed by atoms with E-state index in [1.165, 1.54) is 12.1 Å². The van der Waals surface area contributed by atoms with Crippen LogP contribution >= 0.6 is 0 Å². The molecule has 2 aliphatic rings. The second-order valence-electron chi connectivity index (χ2n) is 12.5. The second-order valence-corrected chi connectivity index (χ2v) is 12.5. The highest BCUT2D eigenvalue weighted by molar-refractivity contribution is 6.04. The lowest BCUT2D eigenvalue weighted by Gasteiger charge is -2.21. The molecule has 6 rings (SSSR count). The zero-order valence-corrected chi connectivity index (χ0v) is 25.3. The van der Waals surface area contributed by atoms with Crippen LogP contribution in [-0.4, -0.2) is 33.0 Å². The van der Waals surface area contributed by atoms with E-state index in [1.54, 1.807) is 0 Å². The summed E-state index contributed by atoms with van der Waals surface area (Å²) in [4.78, 5) is 23.6. The number of rotatable bonds is 7. The number of hydrogen-bond acceptors (Lipinski definition) is 5. The Morgan fingerprint density at radius 1 is 1.07 bits per heavy atom. The van der Waals surface area contributed by atoms with E-state index < -0.39 is 5.60 Å². The van der Waals surface area contributed by atoms with Gasteiger partial charge in [-0.1, -0.05) is 55.5 Å². The molecule has 216 valence electrons. The third-order valence-corrected chi connectivity index (χ3v) is 7.95. The summed E-state index contributed by atoms with van der Waals surface area (Å²) < 4.78 is 8.17. The third-order valence-electron chi connectivity index (χ3n) is 7.95. The number of aryl methyl sites for hydroxylation is 2. The summed E-state index contributed by atoms with van der Waals surface area (Å²) in [6.07, 6.45) is 7.56. The third kappa shape index (κ3) is 5.63. The number of nitrogens with zero attached hydrogens (tertiary/aromatic N) is 3. The first-order valence-electron chi connectivity index (χ1n) is 15.2. The van der Waals surface area contributed by atoms with E-state index in [4.69, 9.17) is 14.7 Å². The Bertz CT molecular complexity index is 1710. The predicted octanol–water partition coefficient (Wildman–Crippen LogP) is 7.75. The molecule has 1 aromatic heterocycles. The van der Waals surface area contributed by atoms with Gasteiger partial charge in [-0.3, -0.25) is 4.99 Å². The van der Waals surface area contributed by atoms with Crippen LogP contribution in [0.1, 0.15) is 86.3 Å². The van der Waals surface area contributed by atoms with Crippen LogP contribution in [-0.2, 0) is 17.7 Å². The molecule has 0 bridgehead atoms. The van der Waals surface area contributed by atoms with Gasteiger partial charge in [0.15, 0.2) is 0 Å². The standard InChI is InChI=1S/C36H40N4O2/c1-6-12-32-39-33-23(2)19-26(34-37-29-15-10-11-16-30(29)38-34)21-31(33)40(32)22-24-17-18-27(25-13-8-7-9-14-25)28(20-24)35(41)42-36(3,4)5/h7-9,13-15,17-21,30H,6,10-12,16,22H2,1-5H3,(H,37,38). The van der Waals surface area contributed by atoms with Gasteiger partial charge in [-0.2, -0.15) is 0 Å². The predicted molar refractivity (Wildman–Crippen MR) is 170 cm³/mol. The van der Waals surface area contributed by atoms with Crippen molar-refractivity contribution < 1.29 is 9.53 Å². The molecule has 1 aliphatic carbocycles. The molecule has 1 unspecified atom stereocenters. The van der Waals surface area contributed by atoms with Gasteiger partial charge >= 0.3 is 5.97 Å². The number of allylic oxidation sites excluding steroid dienone is 1. The summed E-state index contributed by atoms with van der Waals surface area (Å²) in [5, 5.41) is 3.59. The highest BCUT2D eigenvalue weighted by Crippen LogP contribution is 2.31. The number of hydrogen-bond donors (Lipinski definition) is 1. The molecule has 4 aromatic rings. The van der Waals surface area contributed by atoms with Crippen molar-refractivity contribution in [2.24, 2.45) is 4.99 Å². The van der Waals surface area contributed by atoms with E-state index in [0.29, 0.717) is 12.1 Å². The van der Waals surface area contributed by atoms with Crippen LogP contribution in [0.3, 0.4) is 0 Å².